The summed E-state index contributed by atoms with van der Waals surface area (Å²) in [5, 5.41) is 3.50. The Labute approximate surface area is 121 Å². The molecule has 2 aromatic rings. The molecule has 0 radical (unpaired) electrons. The van der Waals surface area contributed by atoms with Crippen molar-refractivity contribution < 1.29 is 4.74 Å². The summed E-state index contributed by atoms with van der Waals surface area (Å²) < 4.78 is 5.37. The van der Waals surface area contributed by atoms with Gasteiger partial charge in [0.2, 0.25) is 0 Å². The number of para-hydroxylation sites is 2. The van der Waals surface area contributed by atoms with E-state index in [0.717, 1.165) is 17.9 Å². The van der Waals surface area contributed by atoms with Crippen molar-refractivity contribution in [3.05, 3.63) is 59.7 Å². The highest BCUT2D eigenvalue weighted by atomic mass is 16.5. The molecule has 0 spiro atoms. The standard InChI is InChI=1S/C18H23NO/c1-4-7-15-10-12-16(13-11-15)14(2)19-17-8-5-6-9-18(17)20-3/h5-6,8-14,19H,4,7H2,1-3H3. The number of aryl methyl sites for hydroxylation is 1. The Morgan fingerprint density at radius 1 is 1.05 bits per heavy atom. The van der Waals surface area contributed by atoms with Crippen LogP contribution < -0.4 is 10.1 Å². The highest BCUT2D eigenvalue weighted by Gasteiger charge is 2.08. The quantitative estimate of drug-likeness (QED) is 0.811. The number of ether oxygens (including phenoxy) is 1. The third kappa shape index (κ3) is 3.53. The maximum Gasteiger partial charge on any atom is 0.141 e. The van der Waals surface area contributed by atoms with E-state index in [-0.39, 0.29) is 6.04 Å². The number of anilines is 1. The van der Waals surface area contributed by atoms with Crippen LogP contribution in [0.2, 0.25) is 0 Å². The molecule has 20 heavy (non-hydrogen) atoms. The molecule has 0 bridgehead atoms. The number of nitrogens with one attached hydrogen (secondary N) is 1. The van der Waals surface area contributed by atoms with E-state index < -0.39 is 0 Å². The van der Waals surface area contributed by atoms with Crippen LogP contribution in [0.25, 0.3) is 0 Å². The van der Waals surface area contributed by atoms with Gasteiger partial charge in [-0.3, -0.25) is 0 Å². The van der Waals surface area contributed by atoms with Crippen LogP contribution in [-0.4, -0.2) is 7.11 Å². The Morgan fingerprint density at radius 2 is 1.75 bits per heavy atom. The molecule has 2 aromatic carbocycles. The largest absolute Gasteiger partial charge is 0.495 e. The normalized spacial score (nSPS) is 11.9. The summed E-state index contributed by atoms with van der Waals surface area (Å²) in [5.41, 5.74) is 3.72. The van der Waals surface area contributed by atoms with Crippen LogP contribution in [0.15, 0.2) is 48.5 Å². The summed E-state index contributed by atoms with van der Waals surface area (Å²) in [6.07, 6.45) is 2.34. The van der Waals surface area contributed by atoms with Gasteiger partial charge in [-0.15, -0.1) is 0 Å². The third-order valence-electron chi connectivity index (χ3n) is 3.50. The van der Waals surface area contributed by atoms with Crippen LogP contribution in [0.3, 0.4) is 0 Å². The van der Waals surface area contributed by atoms with Gasteiger partial charge in [0.1, 0.15) is 5.75 Å². The fourth-order valence-corrected chi connectivity index (χ4v) is 2.34. The van der Waals surface area contributed by atoms with E-state index in [2.05, 4.69) is 43.4 Å². The van der Waals surface area contributed by atoms with E-state index in [4.69, 9.17) is 4.74 Å². The van der Waals surface area contributed by atoms with Gasteiger partial charge in [0.25, 0.3) is 0 Å². The van der Waals surface area contributed by atoms with E-state index in [1.54, 1.807) is 7.11 Å². The third-order valence-corrected chi connectivity index (χ3v) is 3.50. The second kappa shape index (κ2) is 6.99. The molecule has 0 aromatic heterocycles. The maximum atomic E-state index is 5.37. The average Bonchev–Trinajstić information content (AvgIpc) is 2.49. The predicted molar refractivity (Wildman–Crippen MR) is 85.5 cm³/mol. The van der Waals surface area contributed by atoms with Crippen molar-refractivity contribution in [1.29, 1.82) is 0 Å². The van der Waals surface area contributed by atoms with Gasteiger partial charge < -0.3 is 10.1 Å². The molecule has 0 aliphatic rings. The van der Waals surface area contributed by atoms with Crippen LogP contribution in [0.1, 0.15) is 37.4 Å². The molecule has 0 saturated carbocycles. The molecule has 2 heteroatoms. The lowest BCUT2D eigenvalue weighted by Crippen LogP contribution is -2.07. The number of benzene rings is 2. The zero-order valence-corrected chi connectivity index (χ0v) is 12.5. The van der Waals surface area contributed by atoms with Gasteiger partial charge >= 0.3 is 0 Å². The van der Waals surface area contributed by atoms with Crippen LogP contribution in [-0.2, 0) is 6.42 Å². The van der Waals surface area contributed by atoms with E-state index in [1.165, 1.54) is 17.5 Å². The number of hydrogen-bond donors (Lipinski definition) is 1. The fraction of sp³-hybridized carbons (Fsp3) is 0.333. The maximum absolute atomic E-state index is 5.37. The minimum atomic E-state index is 0.252. The van der Waals surface area contributed by atoms with Crippen molar-refractivity contribution in [1.82, 2.24) is 0 Å². The predicted octanol–water partition coefficient (Wildman–Crippen LogP) is 4.82. The zero-order chi connectivity index (χ0) is 14.4. The van der Waals surface area contributed by atoms with Gasteiger partial charge in [0.05, 0.1) is 12.8 Å². The molecule has 2 rings (SSSR count). The van der Waals surface area contributed by atoms with Crippen LogP contribution >= 0.6 is 0 Å². The van der Waals surface area contributed by atoms with E-state index in [0.29, 0.717) is 0 Å². The van der Waals surface area contributed by atoms with Gasteiger partial charge in [-0.2, -0.15) is 0 Å². The lowest BCUT2D eigenvalue weighted by molar-refractivity contribution is 0.416. The van der Waals surface area contributed by atoms with Gasteiger partial charge in [-0.25, -0.2) is 0 Å². The van der Waals surface area contributed by atoms with Crippen LogP contribution in [0, 0.1) is 0 Å². The summed E-state index contributed by atoms with van der Waals surface area (Å²) in [7, 11) is 1.70. The summed E-state index contributed by atoms with van der Waals surface area (Å²) in [4.78, 5) is 0. The first-order valence-corrected chi connectivity index (χ1v) is 7.23. The second-order valence-corrected chi connectivity index (χ2v) is 5.06. The summed E-state index contributed by atoms with van der Waals surface area (Å²) in [6.45, 7) is 4.38. The average molecular weight is 269 g/mol. The van der Waals surface area contributed by atoms with Crippen molar-refractivity contribution in [2.45, 2.75) is 32.7 Å². The highest BCUT2D eigenvalue weighted by Crippen LogP contribution is 2.27. The Balaban J connectivity index is 2.09. The smallest absolute Gasteiger partial charge is 0.141 e. The lowest BCUT2D eigenvalue weighted by Gasteiger charge is -2.18. The summed E-state index contributed by atoms with van der Waals surface area (Å²) >= 11 is 0. The van der Waals surface area contributed by atoms with E-state index in [9.17, 15) is 0 Å². The Morgan fingerprint density at radius 3 is 2.40 bits per heavy atom. The van der Waals surface area contributed by atoms with Crippen molar-refractivity contribution in [2.75, 3.05) is 12.4 Å². The minimum absolute atomic E-state index is 0.252. The SMILES string of the molecule is CCCc1ccc(C(C)Nc2ccccc2OC)cc1. The summed E-state index contributed by atoms with van der Waals surface area (Å²) in [6, 6.07) is 17.1. The molecule has 1 unspecified atom stereocenters. The van der Waals surface area contributed by atoms with Crippen molar-refractivity contribution in [2.24, 2.45) is 0 Å². The van der Waals surface area contributed by atoms with Crippen LogP contribution in [0.4, 0.5) is 5.69 Å². The molecule has 0 amide bonds. The first kappa shape index (κ1) is 14.4. The lowest BCUT2D eigenvalue weighted by atomic mass is 10.0. The Bertz CT molecular complexity index is 533. The van der Waals surface area contributed by atoms with Gasteiger partial charge in [0.15, 0.2) is 0 Å². The first-order chi connectivity index (χ1) is 9.74. The van der Waals surface area contributed by atoms with E-state index >= 15 is 0 Å². The number of rotatable bonds is 6. The molecular formula is C18H23NO. The van der Waals surface area contributed by atoms with E-state index in [1.807, 2.05) is 24.3 Å². The molecule has 0 saturated heterocycles. The fourth-order valence-electron chi connectivity index (χ4n) is 2.34. The molecule has 1 N–H and O–H groups in total. The molecule has 1 atom stereocenters. The van der Waals surface area contributed by atoms with Gasteiger partial charge in [-0.1, -0.05) is 49.7 Å². The molecule has 0 aliphatic carbocycles. The van der Waals surface area contributed by atoms with Crippen molar-refractivity contribution in [3.8, 4) is 5.75 Å². The van der Waals surface area contributed by atoms with Crippen molar-refractivity contribution in [3.63, 3.8) is 0 Å². The topological polar surface area (TPSA) is 21.3 Å². The highest BCUT2D eigenvalue weighted by molar-refractivity contribution is 5.57. The van der Waals surface area contributed by atoms with Gasteiger partial charge in [-0.05, 0) is 36.6 Å². The molecule has 106 valence electrons. The van der Waals surface area contributed by atoms with Crippen molar-refractivity contribution >= 4 is 5.69 Å². The Hall–Kier alpha value is -1.96. The Kier molecular flexibility index (Phi) is 5.05. The number of hydrogen-bond acceptors (Lipinski definition) is 2. The zero-order valence-electron chi connectivity index (χ0n) is 12.5. The minimum Gasteiger partial charge on any atom is -0.495 e. The monoisotopic (exact) mass is 269 g/mol. The van der Waals surface area contributed by atoms with Crippen LogP contribution in [0.5, 0.6) is 5.75 Å². The van der Waals surface area contributed by atoms with Gasteiger partial charge in [0, 0.05) is 6.04 Å². The molecule has 0 fully saturated rings. The molecule has 2 nitrogen and oxygen atoms in total. The second-order valence-electron chi connectivity index (χ2n) is 5.06. The molecular weight excluding hydrogens is 246 g/mol. The molecule has 0 heterocycles. The molecule has 0 aliphatic heterocycles. The first-order valence-electron chi connectivity index (χ1n) is 7.23. The summed E-state index contributed by atoms with van der Waals surface area (Å²) in [5.74, 6) is 0.877. The number of methoxy groups -OCH3 is 1.